The fraction of sp³-hybridized carbons (Fsp3) is 0.333. The second kappa shape index (κ2) is 6.67. The molecule has 0 fully saturated rings. The van der Waals surface area contributed by atoms with E-state index in [2.05, 4.69) is 4.99 Å². The lowest BCUT2D eigenvalue weighted by Crippen LogP contribution is -2.52. The van der Waals surface area contributed by atoms with Gasteiger partial charge in [0.1, 0.15) is 5.54 Å². The van der Waals surface area contributed by atoms with E-state index in [1.807, 2.05) is 26.0 Å². The summed E-state index contributed by atoms with van der Waals surface area (Å²) in [5, 5.41) is 0. The summed E-state index contributed by atoms with van der Waals surface area (Å²) in [6.07, 6.45) is 0. The van der Waals surface area contributed by atoms with E-state index >= 15 is 0 Å². The third-order valence-corrected chi connectivity index (χ3v) is 5.32. The molecule has 148 valence electrons. The minimum Gasteiger partial charge on any atom is -0.369 e. The molecule has 1 heterocycles. The Labute approximate surface area is 163 Å². The highest BCUT2D eigenvalue weighted by Crippen LogP contribution is 2.45. The molecule has 1 aliphatic rings. The first kappa shape index (κ1) is 19.9. The molecule has 0 saturated heterocycles. The van der Waals surface area contributed by atoms with Crippen molar-refractivity contribution in [2.45, 2.75) is 37.8 Å². The van der Waals surface area contributed by atoms with Crippen LogP contribution in [0.15, 0.2) is 47.5 Å². The SMILES string of the molecule is CN1C(=O)[C@H](c2ccc(C(C)(C)N)cc2)[C@@](C)(c2cccc(F)c2F)N=C1N. The van der Waals surface area contributed by atoms with Crippen LogP contribution in [0.3, 0.4) is 0 Å². The molecule has 28 heavy (non-hydrogen) atoms. The molecule has 0 aromatic heterocycles. The lowest BCUT2D eigenvalue weighted by molar-refractivity contribution is -0.130. The molecule has 0 aliphatic carbocycles. The highest BCUT2D eigenvalue weighted by molar-refractivity contribution is 6.02. The van der Waals surface area contributed by atoms with E-state index in [9.17, 15) is 13.6 Å². The summed E-state index contributed by atoms with van der Waals surface area (Å²) in [4.78, 5) is 18.8. The van der Waals surface area contributed by atoms with Gasteiger partial charge in [-0.3, -0.25) is 9.69 Å². The van der Waals surface area contributed by atoms with Gasteiger partial charge < -0.3 is 11.5 Å². The summed E-state index contributed by atoms with van der Waals surface area (Å²) in [6, 6.07) is 11.0. The van der Waals surface area contributed by atoms with Crippen LogP contribution >= 0.6 is 0 Å². The Morgan fingerprint density at radius 1 is 1.14 bits per heavy atom. The number of halogens is 2. The number of hydrogen-bond donors (Lipinski definition) is 2. The van der Waals surface area contributed by atoms with Gasteiger partial charge >= 0.3 is 0 Å². The Kier molecular flexibility index (Phi) is 4.75. The summed E-state index contributed by atoms with van der Waals surface area (Å²) in [5.41, 5.74) is 11.6. The third-order valence-electron chi connectivity index (χ3n) is 5.32. The maximum absolute atomic E-state index is 14.7. The monoisotopic (exact) mass is 386 g/mol. The van der Waals surface area contributed by atoms with Crippen molar-refractivity contribution in [3.8, 4) is 0 Å². The lowest BCUT2D eigenvalue weighted by atomic mass is 9.74. The summed E-state index contributed by atoms with van der Waals surface area (Å²) < 4.78 is 28.6. The van der Waals surface area contributed by atoms with E-state index in [-0.39, 0.29) is 17.4 Å². The third kappa shape index (κ3) is 3.16. The topological polar surface area (TPSA) is 84.7 Å². The number of hydrogen-bond acceptors (Lipinski definition) is 4. The molecule has 2 aromatic rings. The predicted molar refractivity (Wildman–Crippen MR) is 104 cm³/mol. The molecule has 1 amide bonds. The average Bonchev–Trinajstić information content (AvgIpc) is 2.62. The fourth-order valence-electron chi connectivity index (χ4n) is 3.61. The number of nitrogens with two attached hydrogens (primary N) is 2. The second-order valence-electron chi connectivity index (χ2n) is 7.89. The molecular weight excluding hydrogens is 362 g/mol. The first-order valence-corrected chi connectivity index (χ1v) is 8.93. The normalized spacial score (nSPS) is 23.0. The maximum atomic E-state index is 14.7. The van der Waals surface area contributed by atoms with Crippen LogP contribution in [0.25, 0.3) is 0 Å². The highest BCUT2D eigenvalue weighted by Gasteiger charge is 2.48. The van der Waals surface area contributed by atoms with E-state index in [0.717, 1.165) is 11.6 Å². The van der Waals surface area contributed by atoms with Gasteiger partial charge in [0.15, 0.2) is 17.6 Å². The molecule has 4 N–H and O–H groups in total. The number of likely N-dealkylation sites (N-methyl/N-ethyl adjacent to an activating group) is 1. The Morgan fingerprint density at radius 3 is 2.32 bits per heavy atom. The maximum Gasteiger partial charge on any atom is 0.239 e. The van der Waals surface area contributed by atoms with Crippen molar-refractivity contribution in [3.63, 3.8) is 0 Å². The quantitative estimate of drug-likeness (QED) is 0.851. The number of carbonyl (C=O) groups is 1. The molecule has 2 aromatic carbocycles. The molecule has 0 radical (unpaired) electrons. The molecule has 3 rings (SSSR count). The standard InChI is InChI=1S/C21H24F2N4O/c1-20(2,25)13-10-8-12(9-11-13)16-18(28)27(4)19(24)26-21(16,3)14-6-5-7-15(22)17(14)23/h5-11,16H,25H2,1-4H3,(H2,24,26)/t16-,21+/m0/s1. The second-order valence-corrected chi connectivity index (χ2v) is 7.89. The number of amides is 1. The Hall–Kier alpha value is -2.80. The molecule has 0 saturated carbocycles. The van der Waals surface area contributed by atoms with Gasteiger partial charge in [0.25, 0.3) is 0 Å². The number of aliphatic imine (C=N–C) groups is 1. The zero-order valence-electron chi connectivity index (χ0n) is 16.3. The van der Waals surface area contributed by atoms with Crippen LogP contribution in [0, 0.1) is 11.6 Å². The van der Waals surface area contributed by atoms with Gasteiger partial charge in [0, 0.05) is 18.2 Å². The number of guanidine groups is 1. The number of rotatable bonds is 3. The van der Waals surface area contributed by atoms with Crippen LogP contribution in [0.5, 0.6) is 0 Å². The summed E-state index contributed by atoms with van der Waals surface area (Å²) in [5.74, 6) is -3.32. The van der Waals surface area contributed by atoms with Gasteiger partial charge in [-0.1, -0.05) is 36.4 Å². The molecule has 0 unspecified atom stereocenters. The molecule has 5 nitrogen and oxygen atoms in total. The van der Waals surface area contributed by atoms with Gasteiger partial charge in [0.2, 0.25) is 5.91 Å². The fourth-order valence-corrected chi connectivity index (χ4v) is 3.61. The van der Waals surface area contributed by atoms with E-state index in [0.29, 0.717) is 5.56 Å². The van der Waals surface area contributed by atoms with Crippen molar-refractivity contribution in [3.05, 3.63) is 70.8 Å². The number of nitrogens with zero attached hydrogens (tertiary/aromatic N) is 2. The molecular formula is C21H24F2N4O. The van der Waals surface area contributed by atoms with Crippen molar-refractivity contribution in [1.29, 1.82) is 0 Å². The van der Waals surface area contributed by atoms with Gasteiger partial charge in [-0.05, 0) is 38.0 Å². The summed E-state index contributed by atoms with van der Waals surface area (Å²) in [7, 11) is 1.51. The Morgan fingerprint density at radius 2 is 1.75 bits per heavy atom. The summed E-state index contributed by atoms with van der Waals surface area (Å²) in [6.45, 7) is 5.34. The van der Waals surface area contributed by atoms with Crippen molar-refractivity contribution >= 4 is 11.9 Å². The van der Waals surface area contributed by atoms with Crippen LogP contribution in [0.4, 0.5) is 8.78 Å². The van der Waals surface area contributed by atoms with Gasteiger partial charge in [-0.15, -0.1) is 0 Å². The molecule has 2 atom stereocenters. The minimum atomic E-state index is -1.40. The van der Waals surface area contributed by atoms with E-state index in [4.69, 9.17) is 11.5 Å². The Balaban J connectivity index is 2.21. The molecule has 0 spiro atoms. The largest absolute Gasteiger partial charge is 0.369 e. The van der Waals surface area contributed by atoms with Crippen molar-refractivity contribution in [2.24, 2.45) is 16.5 Å². The van der Waals surface area contributed by atoms with Gasteiger partial charge in [-0.2, -0.15) is 0 Å². The summed E-state index contributed by atoms with van der Waals surface area (Å²) >= 11 is 0. The van der Waals surface area contributed by atoms with Gasteiger partial charge in [-0.25, -0.2) is 13.8 Å². The first-order chi connectivity index (χ1) is 13.0. The number of benzene rings is 2. The average molecular weight is 386 g/mol. The smallest absolute Gasteiger partial charge is 0.239 e. The van der Waals surface area contributed by atoms with E-state index < -0.39 is 28.6 Å². The van der Waals surface area contributed by atoms with Crippen LogP contribution in [0.1, 0.15) is 43.4 Å². The van der Waals surface area contributed by atoms with Crippen LogP contribution in [0.2, 0.25) is 0 Å². The molecule has 0 bridgehead atoms. The van der Waals surface area contributed by atoms with Gasteiger partial charge in [0.05, 0.1) is 5.92 Å². The number of carbonyl (C=O) groups excluding carboxylic acids is 1. The van der Waals surface area contributed by atoms with Crippen LogP contribution in [-0.2, 0) is 15.9 Å². The highest BCUT2D eigenvalue weighted by atomic mass is 19.2. The van der Waals surface area contributed by atoms with E-state index in [1.54, 1.807) is 19.1 Å². The first-order valence-electron chi connectivity index (χ1n) is 8.93. The zero-order valence-corrected chi connectivity index (χ0v) is 16.3. The Bertz CT molecular complexity index is 950. The molecule has 1 aliphatic heterocycles. The lowest BCUT2D eigenvalue weighted by Gasteiger charge is -2.41. The van der Waals surface area contributed by atoms with Crippen LogP contribution in [-0.4, -0.2) is 23.8 Å². The molecule has 7 heteroatoms. The van der Waals surface area contributed by atoms with Crippen LogP contribution < -0.4 is 11.5 Å². The van der Waals surface area contributed by atoms with Crippen molar-refractivity contribution in [2.75, 3.05) is 7.05 Å². The minimum absolute atomic E-state index is 0.0230. The van der Waals surface area contributed by atoms with Crippen molar-refractivity contribution in [1.82, 2.24) is 4.90 Å². The predicted octanol–water partition coefficient (Wildman–Crippen LogP) is 2.94. The van der Waals surface area contributed by atoms with E-state index in [1.165, 1.54) is 24.1 Å². The van der Waals surface area contributed by atoms with Crippen molar-refractivity contribution < 1.29 is 13.6 Å². The zero-order chi connectivity index (χ0) is 20.9.